The summed E-state index contributed by atoms with van der Waals surface area (Å²) in [7, 11) is 3.99. The lowest BCUT2D eigenvalue weighted by atomic mass is 10.0. The summed E-state index contributed by atoms with van der Waals surface area (Å²) in [6.07, 6.45) is 2.35. The maximum absolute atomic E-state index is 14.6. The van der Waals surface area contributed by atoms with Crippen LogP contribution < -0.4 is 9.80 Å². The van der Waals surface area contributed by atoms with Crippen molar-refractivity contribution in [2.45, 2.75) is 19.9 Å². The fourth-order valence-corrected chi connectivity index (χ4v) is 3.97. The van der Waals surface area contributed by atoms with Crippen molar-refractivity contribution in [2.75, 3.05) is 30.4 Å². The third-order valence-electron chi connectivity index (χ3n) is 5.50. The Kier molecular flexibility index (Phi) is 4.34. The van der Waals surface area contributed by atoms with E-state index >= 15 is 0 Å². The summed E-state index contributed by atoms with van der Waals surface area (Å²) in [5, 5.41) is 4.36. The molecule has 0 radical (unpaired) electrons. The molecule has 0 saturated carbocycles. The zero-order valence-corrected chi connectivity index (χ0v) is 17.2. The molecule has 0 bridgehead atoms. The van der Waals surface area contributed by atoms with Crippen LogP contribution in [-0.2, 0) is 13.0 Å². The summed E-state index contributed by atoms with van der Waals surface area (Å²) in [6.45, 7) is 3.32. The van der Waals surface area contributed by atoms with Crippen molar-refractivity contribution in [3.8, 4) is 11.3 Å². The Morgan fingerprint density at radius 2 is 1.90 bits per heavy atom. The van der Waals surface area contributed by atoms with Crippen LogP contribution in [0.25, 0.3) is 16.8 Å². The predicted octanol–water partition coefficient (Wildman–Crippen LogP) is 3.26. The van der Waals surface area contributed by atoms with Gasteiger partial charge in [0.2, 0.25) is 0 Å². The number of pyridine rings is 1. The number of anilines is 2. The van der Waals surface area contributed by atoms with Crippen molar-refractivity contribution >= 4 is 17.2 Å². The normalized spacial score (nSPS) is 13.5. The number of nitrogens with zero attached hydrogens (tertiary/aromatic N) is 7. The summed E-state index contributed by atoms with van der Waals surface area (Å²) in [5.74, 6) is 2.10. The van der Waals surface area contributed by atoms with Crippen LogP contribution in [0.2, 0.25) is 0 Å². The molecule has 152 valence electrons. The Labute approximate surface area is 173 Å². The molecular weight excluding hydrogens is 381 g/mol. The molecule has 4 heterocycles. The van der Waals surface area contributed by atoms with Crippen molar-refractivity contribution < 1.29 is 4.39 Å². The van der Waals surface area contributed by atoms with Gasteiger partial charge in [-0.2, -0.15) is 5.10 Å². The standard InChI is InChI=1S/C22H22FN7/c1-14-26-20(16-6-4-5-7-17(16)23)21-22(24-13-25-30(14)21)29-11-10-18-15(12-29)8-9-19(27-18)28(2)3/h4-9,13H,10-12H2,1-3H3. The van der Waals surface area contributed by atoms with E-state index in [1.807, 2.05) is 38.1 Å². The first-order valence-corrected chi connectivity index (χ1v) is 9.89. The summed E-state index contributed by atoms with van der Waals surface area (Å²) in [5.41, 5.74) is 4.03. The van der Waals surface area contributed by atoms with Crippen molar-refractivity contribution in [3.63, 3.8) is 0 Å². The number of rotatable bonds is 3. The molecule has 8 heteroatoms. The number of aryl methyl sites for hydroxylation is 1. The van der Waals surface area contributed by atoms with Gasteiger partial charge < -0.3 is 9.80 Å². The smallest absolute Gasteiger partial charge is 0.159 e. The molecule has 0 fully saturated rings. The highest BCUT2D eigenvalue weighted by Gasteiger charge is 2.25. The molecule has 30 heavy (non-hydrogen) atoms. The first kappa shape index (κ1) is 18.5. The minimum absolute atomic E-state index is 0.309. The summed E-state index contributed by atoms with van der Waals surface area (Å²) >= 11 is 0. The number of imidazole rings is 1. The minimum Gasteiger partial charge on any atom is -0.363 e. The molecule has 0 amide bonds. The van der Waals surface area contributed by atoms with E-state index < -0.39 is 0 Å². The second kappa shape index (κ2) is 7.05. The van der Waals surface area contributed by atoms with Crippen LogP contribution in [0.3, 0.4) is 0 Å². The van der Waals surface area contributed by atoms with E-state index in [0.717, 1.165) is 35.8 Å². The van der Waals surface area contributed by atoms with Gasteiger partial charge in [0.15, 0.2) is 5.82 Å². The molecule has 0 saturated heterocycles. The maximum Gasteiger partial charge on any atom is 0.159 e. The van der Waals surface area contributed by atoms with E-state index in [-0.39, 0.29) is 5.82 Å². The van der Waals surface area contributed by atoms with Gasteiger partial charge in [-0.1, -0.05) is 18.2 Å². The average molecular weight is 403 g/mol. The SMILES string of the molecule is Cc1nc(-c2ccccc2F)c2c(N3CCc4nc(N(C)C)ccc4C3)ncnn12. The Hall–Kier alpha value is -3.55. The third-order valence-corrected chi connectivity index (χ3v) is 5.50. The molecule has 5 rings (SSSR count). The zero-order valence-electron chi connectivity index (χ0n) is 17.2. The second-order valence-electron chi connectivity index (χ2n) is 7.67. The van der Waals surface area contributed by atoms with Gasteiger partial charge in [-0.25, -0.2) is 23.9 Å². The topological polar surface area (TPSA) is 62.5 Å². The molecule has 0 aliphatic carbocycles. The third kappa shape index (κ3) is 2.96. The van der Waals surface area contributed by atoms with Gasteiger partial charge in [-0.05, 0) is 30.7 Å². The molecule has 1 aromatic carbocycles. The highest BCUT2D eigenvalue weighted by Crippen LogP contribution is 2.33. The van der Waals surface area contributed by atoms with Crippen molar-refractivity contribution in [1.82, 2.24) is 24.6 Å². The minimum atomic E-state index is -0.309. The van der Waals surface area contributed by atoms with E-state index in [9.17, 15) is 4.39 Å². The lowest BCUT2D eigenvalue weighted by Gasteiger charge is -2.30. The van der Waals surface area contributed by atoms with E-state index in [1.165, 1.54) is 18.0 Å². The van der Waals surface area contributed by atoms with Gasteiger partial charge in [-0.15, -0.1) is 0 Å². The fraction of sp³-hybridized carbons (Fsp3) is 0.273. The molecule has 0 atom stereocenters. The van der Waals surface area contributed by atoms with Crippen LogP contribution in [0.5, 0.6) is 0 Å². The maximum atomic E-state index is 14.6. The first-order valence-electron chi connectivity index (χ1n) is 9.89. The van der Waals surface area contributed by atoms with E-state index in [1.54, 1.807) is 16.6 Å². The van der Waals surface area contributed by atoms with E-state index in [4.69, 9.17) is 4.98 Å². The number of hydrogen-bond donors (Lipinski definition) is 0. The highest BCUT2D eigenvalue weighted by atomic mass is 19.1. The first-order chi connectivity index (χ1) is 14.5. The Balaban J connectivity index is 1.61. The summed E-state index contributed by atoms with van der Waals surface area (Å²) in [6, 6.07) is 10.8. The van der Waals surface area contributed by atoms with Crippen LogP contribution in [0.1, 0.15) is 17.1 Å². The van der Waals surface area contributed by atoms with Gasteiger partial charge in [0.1, 0.15) is 35.0 Å². The van der Waals surface area contributed by atoms with Gasteiger partial charge in [-0.3, -0.25) is 0 Å². The zero-order chi connectivity index (χ0) is 20.8. The Morgan fingerprint density at radius 1 is 1.07 bits per heavy atom. The number of fused-ring (bicyclic) bond motifs is 2. The quantitative estimate of drug-likeness (QED) is 0.523. The lowest BCUT2D eigenvalue weighted by Crippen LogP contribution is -2.32. The van der Waals surface area contributed by atoms with Crippen LogP contribution in [0.15, 0.2) is 42.7 Å². The Bertz CT molecular complexity index is 1250. The molecule has 7 nitrogen and oxygen atoms in total. The largest absolute Gasteiger partial charge is 0.363 e. The molecule has 0 spiro atoms. The highest BCUT2D eigenvalue weighted by molar-refractivity contribution is 5.86. The summed E-state index contributed by atoms with van der Waals surface area (Å²) in [4.78, 5) is 18.2. The van der Waals surface area contributed by atoms with Crippen LogP contribution >= 0.6 is 0 Å². The van der Waals surface area contributed by atoms with Crippen molar-refractivity contribution in [1.29, 1.82) is 0 Å². The number of aromatic nitrogens is 5. The molecule has 0 N–H and O–H groups in total. The number of hydrogen-bond acceptors (Lipinski definition) is 6. The van der Waals surface area contributed by atoms with E-state index in [2.05, 4.69) is 26.0 Å². The molecule has 4 aromatic rings. The predicted molar refractivity (Wildman–Crippen MR) is 114 cm³/mol. The van der Waals surface area contributed by atoms with Crippen LogP contribution in [0.4, 0.5) is 16.0 Å². The molecule has 1 aliphatic rings. The van der Waals surface area contributed by atoms with Crippen molar-refractivity contribution in [2.24, 2.45) is 0 Å². The van der Waals surface area contributed by atoms with Gasteiger partial charge in [0, 0.05) is 44.9 Å². The second-order valence-corrected chi connectivity index (χ2v) is 7.67. The monoisotopic (exact) mass is 403 g/mol. The molecule has 3 aromatic heterocycles. The summed E-state index contributed by atoms with van der Waals surface area (Å²) < 4.78 is 16.3. The van der Waals surface area contributed by atoms with Gasteiger partial charge in [0.05, 0.1) is 0 Å². The average Bonchev–Trinajstić information content (AvgIpc) is 3.10. The van der Waals surface area contributed by atoms with E-state index in [0.29, 0.717) is 23.6 Å². The molecule has 0 unspecified atom stereocenters. The number of benzene rings is 1. The fourth-order valence-electron chi connectivity index (χ4n) is 3.97. The molecule has 1 aliphatic heterocycles. The van der Waals surface area contributed by atoms with Gasteiger partial charge >= 0.3 is 0 Å². The number of halogens is 1. The lowest BCUT2D eigenvalue weighted by molar-refractivity contribution is 0.631. The molecular formula is C22H22FN7. The van der Waals surface area contributed by atoms with Gasteiger partial charge in [0.25, 0.3) is 0 Å². The Morgan fingerprint density at radius 3 is 2.70 bits per heavy atom. The van der Waals surface area contributed by atoms with Crippen molar-refractivity contribution in [3.05, 3.63) is 65.6 Å². The van der Waals surface area contributed by atoms with Crippen LogP contribution in [-0.4, -0.2) is 45.2 Å². The van der Waals surface area contributed by atoms with Crippen LogP contribution in [0, 0.1) is 12.7 Å².